The summed E-state index contributed by atoms with van der Waals surface area (Å²) in [6.45, 7) is 2.23. The van der Waals surface area contributed by atoms with Crippen molar-refractivity contribution in [2.75, 3.05) is 39.5 Å². The monoisotopic (exact) mass is 472 g/mol. The zero-order valence-corrected chi connectivity index (χ0v) is 19.1. The van der Waals surface area contributed by atoms with Gasteiger partial charge in [-0.2, -0.15) is 0 Å². The molecule has 5 aliphatic rings. The lowest BCUT2D eigenvalue weighted by Crippen LogP contribution is -2.75. The van der Waals surface area contributed by atoms with E-state index in [1.165, 1.54) is 12.8 Å². The minimum atomic E-state index is -1.32. The summed E-state index contributed by atoms with van der Waals surface area (Å²) in [5, 5.41) is 46.0. The third-order valence-electron chi connectivity index (χ3n) is 8.56. The Labute approximate surface area is 198 Å². The molecule has 184 valence electrons. The standard InChI is InChI=1S/C25H32N2O7/c28-8-10-33-9-6-26-23(31)16-12-25(32)18-11-15-3-4-17(29)21-19(15)24(25,22(34-21)20(16)30)5-7-27(18)13-14-1-2-14/h3-4,14,18,22,28-30,32H,1-2,5-13H2,(H,26,31)/t18-,22?,24+,25-/m1/s1. The van der Waals surface area contributed by atoms with Gasteiger partial charge in [-0.15, -0.1) is 0 Å². The topological polar surface area (TPSA) is 132 Å². The van der Waals surface area contributed by atoms with Crippen LogP contribution in [0.4, 0.5) is 0 Å². The maximum absolute atomic E-state index is 13.1. The number of nitrogens with zero attached hydrogens (tertiary/aromatic N) is 1. The number of ether oxygens (including phenoxy) is 2. The summed E-state index contributed by atoms with van der Waals surface area (Å²) < 4.78 is 11.4. The molecular weight excluding hydrogens is 440 g/mol. The molecule has 1 amide bonds. The fourth-order valence-corrected chi connectivity index (χ4v) is 6.88. The molecule has 4 atom stereocenters. The van der Waals surface area contributed by atoms with Crippen LogP contribution in [0.2, 0.25) is 0 Å². The fourth-order valence-electron chi connectivity index (χ4n) is 6.88. The van der Waals surface area contributed by atoms with Crippen molar-refractivity contribution in [3.05, 3.63) is 34.6 Å². The Morgan fingerprint density at radius 2 is 2.09 bits per heavy atom. The molecule has 2 fully saturated rings. The molecule has 1 saturated heterocycles. The Kier molecular flexibility index (Phi) is 5.11. The van der Waals surface area contributed by atoms with Gasteiger partial charge in [0.05, 0.1) is 36.4 Å². The van der Waals surface area contributed by atoms with Crippen molar-refractivity contribution in [2.24, 2.45) is 5.92 Å². The summed E-state index contributed by atoms with van der Waals surface area (Å²) >= 11 is 0. The number of phenolic OH excluding ortho intramolecular Hbond substituents is 1. The van der Waals surface area contributed by atoms with Crippen LogP contribution in [-0.2, 0) is 21.4 Å². The third-order valence-corrected chi connectivity index (χ3v) is 8.56. The van der Waals surface area contributed by atoms with Crippen LogP contribution in [0, 0.1) is 5.92 Å². The zero-order valence-electron chi connectivity index (χ0n) is 19.1. The van der Waals surface area contributed by atoms with E-state index >= 15 is 0 Å². The lowest BCUT2D eigenvalue weighted by Gasteiger charge is -2.62. The molecule has 34 heavy (non-hydrogen) atoms. The minimum absolute atomic E-state index is 0.0106. The summed E-state index contributed by atoms with van der Waals surface area (Å²) in [4.78, 5) is 15.5. The molecular formula is C25H32N2O7. The molecule has 3 aliphatic carbocycles. The Hall–Kier alpha value is -2.33. The van der Waals surface area contributed by atoms with Gasteiger partial charge in [-0.3, -0.25) is 9.69 Å². The predicted molar refractivity (Wildman–Crippen MR) is 121 cm³/mol. The van der Waals surface area contributed by atoms with Crippen LogP contribution < -0.4 is 10.1 Å². The van der Waals surface area contributed by atoms with Crippen molar-refractivity contribution < 1.29 is 34.7 Å². The number of aliphatic hydroxyl groups excluding tert-OH is 2. The van der Waals surface area contributed by atoms with Crippen molar-refractivity contribution in [1.82, 2.24) is 10.2 Å². The van der Waals surface area contributed by atoms with Crippen LogP contribution >= 0.6 is 0 Å². The van der Waals surface area contributed by atoms with Gasteiger partial charge in [-0.05, 0) is 49.8 Å². The fraction of sp³-hybridized carbons (Fsp3) is 0.640. The average molecular weight is 473 g/mol. The van der Waals surface area contributed by atoms with Gasteiger partial charge in [0, 0.05) is 31.1 Å². The van der Waals surface area contributed by atoms with E-state index in [4.69, 9.17) is 14.6 Å². The lowest BCUT2D eigenvalue weighted by atomic mass is 9.49. The van der Waals surface area contributed by atoms with Gasteiger partial charge in [0.25, 0.3) is 5.91 Å². The molecule has 9 nitrogen and oxygen atoms in total. The number of carbonyl (C=O) groups is 1. The van der Waals surface area contributed by atoms with Crippen molar-refractivity contribution >= 4 is 5.91 Å². The van der Waals surface area contributed by atoms with Crippen LogP contribution in [-0.4, -0.2) is 88.4 Å². The van der Waals surface area contributed by atoms with Gasteiger partial charge in [-0.25, -0.2) is 0 Å². The van der Waals surface area contributed by atoms with Crippen LogP contribution in [0.1, 0.15) is 36.8 Å². The maximum atomic E-state index is 13.1. The summed E-state index contributed by atoms with van der Waals surface area (Å²) in [6, 6.07) is 3.32. The highest BCUT2D eigenvalue weighted by atomic mass is 16.5. The van der Waals surface area contributed by atoms with Gasteiger partial charge >= 0.3 is 0 Å². The largest absolute Gasteiger partial charge is 0.508 e. The van der Waals surface area contributed by atoms with Gasteiger partial charge in [0.1, 0.15) is 5.76 Å². The molecule has 1 saturated carbocycles. The number of amides is 1. The highest BCUT2D eigenvalue weighted by Crippen LogP contribution is 2.66. The van der Waals surface area contributed by atoms with Gasteiger partial charge in [0.2, 0.25) is 0 Å². The van der Waals surface area contributed by atoms with E-state index in [0.29, 0.717) is 24.5 Å². The number of aromatic hydroxyl groups is 1. The van der Waals surface area contributed by atoms with E-state index in [0.717, 1.165) is 24.2 Å². The predicted octanol–water partition coefficient (Wildman–Crippen LogP) is 0.503. The second-order valence-corrected chi connectivity index (χ2v) is 10.4. The van der Waals surface area contributed by atoms with Crippen molar-refractivity contribution in [3.8, 4) is 11.5 Å². The molecule has 1 spiro atoms. The number of piperidine rings is 1. The van der Waals surface area contributed by atoms with Gasteiger partial charge in [-0.1, -0.05) is 6.07 Å². The molecule has 2 heterocycles. The molecule has 1 unspecified atom stereocenters. The molecule has 2 aliphatic heterocycles. The molecule has 2 bridgehead atoms. The molecule has 6 rings (SSSR count). The van der Waals surface area contributed by atoms with E-state index in [1.54, 1.807) is 6.07 Å². The number of rotatable bonds is 8. The van der Waals surface area contributed by atoms with Gasteiger partial charge < -0.3 is 35.2 Å². The number of likely N-dealkylation sites (tertiary alicyclic amines) is 1. The Morgan fingerprint density at radius 1 is 1.26 bits per heavy atom. The highest BCUT2D eigenvalue weighted by Gasteiger charge is 2.73. The van der Waals surface area contributed by atoms with Crippen LogP contribution in [0.25, 0.3) is 0 Å². The van der Waals surface area contributed by atoms with Crippen LogP contribution in [0.5, 0.6) is 11.5 Å². The third kappa shape index (κ3) is 2.97. The van der Waals surface area contributed by atoms with Crippen molar-refractivity contribution in [1.29, 1.82) is 0 Å². The number of hydrogen-bond donors (Lipinski definition) is 5. The quantitative estimate of drug-likeness (QED) is 0.346. The second kappa shape index (κ2) is 7.84. The molecule has 0 aromatic heterocycles. The van der Waals surface area contributed by atoms with Crippen molar-refractivity contribution in [3.63, 3.8) is 0 Å². The van der Waals surface area contributed by atoms with E-state index in [1.807, 2.05) is 6.07 Å². The van der Waals surface area contributed by atoms with Crippen LogP contribution in [0.15, 0.2) is 23.5 Å². The van der Waals surface area contributed by atoms with E-state index in [9.17, 15) is 20.1 Å². The van der Waals surface area contributed by atoms with Crippen molar-refractivity contribution in [2.45, 2.75) is 55.3 Å². The smallest absolute Gasteiger partial charge is 0.250 e. The normalized spacial score (nSPS) is 33.5. The summed E-state index contributed by atoms with van der Waals surface area (Å²) in [5.41, 5.74) is -0.266. The zero-order chi connectivity index (χ0) is 23.7. The molecule has 9 heteroatoms. The molecule has 0 radical (unpaired) electrons. The van der Waals surface area contributed by atoms with E-state index < -0.39 is 23.0 Å². The summed E-state index contributed by atoms with van der Waals surface area (Å²) in [7, 11) is 0. The first-order valence-corrected chi connectivity index (χ1v) is 12.3. The second-order valence-electron chi connectivity index (χ2n) is 10.4. The number of benzene rings is 1. The number of aliphatic hydroxyl groups is 3. The Bertz CT molecular complexity index is 1050. The molecule has 1 aromatic carbocycles. The Morgan fingerprint density at radius 3 is 2.85 bits per heavy atom. The summed E-state index contributed by atoms with van der Waals surface area (Å²) in [6.07, 6.45) is 2.69. The SMILES string of the molecule is O=C(NCCOCCO)C1=C(O)C2Oc3c(O)ccc4c3[C@@]23CCN(CC2CC2)[C@H](C4)[C@]3(O)C1. The number of carbonyl (C=O) groups excluding carboxylic acids is 1. The summed E-state index contributed by atoms with van der Waals surface area (Å²) in [5.74, 6) is 0.328. The number of nitrogens with one attached hydrogen (secondary N) is 1. The Balaban J connectivity index is 1.39. The number of hydrogen-bond acceptors (Lipinski definition) is 8. The van der Waals surface area contributed by atoms with Crippen LogP contribution in [0.3, 0.4) is 0 Å². The number of phenols is 1. The highest BCUT2D eigenvalue weighted by molar-refractivity contribution is 5.95. The first-order chi connectivity index (χ1) is 16.4. The minimum Gasteiger partial charge on any atom is -0.508 e. The maximum Gasteiger partial charge on any atom is 0.250 e. The van der Waals surface area contributed by atoms with E-state index in [2.05, 4.69) is 10.2 Å². The molecule has 1 aromatic rings. The van der Waals surface area contributed by atoms with Gasteiger partial charge in [0.15, 0.2) is 17.6 Å². The first kappa shape index (κ1) is 22.2. The van der Waals surface area contributed by atoms with E-state index in [-0.39, 0.29) is 55.9 Å². The lowest BCUT2D eigenvalue weighted by molar-refractivity contribution is -0.172. The first-order valence-electron chi connectivity index (χ1n) is 12.3. The average Bonchev–Trinajstić information content (AvgIpc) is 3.55. The molecule has 5 N–H and O–H groups in total.